The van der Waals surface area contributed by atoms with Gasteiger partial charge in [-0.3, -0.25) is 0 Å². The van der Waals surface area contributed by atoms with Crippen molar-refractivity contribution in [1.29, 1.82) is 0 Å². The van der Waals surface area contributed by atoms with Crippen LogP contribution in [0.25, 0.3) is 0 Å². The summed E-state index contributed by atoms with van der Waals surface area (Å²) in [7, 11) is 0. The van der Waals surface area contributed by atoms with E-state index in [0.29, 0.717) is 16.9 Å². The second-order valence-electron chi connectivity index (χ2n) is 4.85. The van der Waals surface area contributed by atoms with Crippen molar-refractivity contribution >= 4 is 23.4 Å². The normalized spacial score (nSPS) is 12.5. The van der Waals surface area contributed by atoms with Gasteiger partial charge in [-0.1, -0.05) is 25.4 Å². The lowest BCUT2D eigenvalue weighted by atomic mass is 10.0. The van der Waals surface area contributed by atoms with Crippen molar-refractivity contribution in [3.63, 3.8) is 0 Å². The maximum atomic E-state index is 11.1. The van der Waals surface area contributed by atoms with Crippen LogP contribution in [-0.4, -0.2) is 22.1 Å². The van der Waals surface area contributed by atoms with Gasteiger partial charge >= 0.3 is 5.97 Å². The van der Waals surface area contributed by atoms with Gasteiger partial charge in [0.2, 0.25) is 0 Å². The van der Waals surface area contributed by atoms with Crippen LogP contribution in [0, 0.1) is 5.92 Å². The Balaban J connectivity index is 2.76. The Morgan fingerprint density at radius 2 is 2.06 bits per heavy atom. The molecule has 1 aromatic rings. The fourth-order valence-electron chi connectivity index (χ4n) is 1.61. The number of carbonyl (C=O) groups is 1. The first-order valence-electron chi connectivity index (χ1n) is 6.06. The molecule has 0 spiro atoms. The molecule has 1 heterocycles. The van der Waals surface area contributed by atoms with Gasteiger partial charge < -0.3 is 10.4 Å². The lowest BCUT2D eigenvalue weighted by Gasteiger charge is -2.17. The average Bonchev–Trinajstić information content (AvgIpc) is 2.26. The second-order valence-corrected chi connectivity index (χ2v) is 5.24. The molecule has 0 bridgehead atoms. The first-order chi connectivity index (χ1) is 8.40. The maximum Gasteiger partial charge on any atom is 0.339 e. The van der Waals surface area contributed by atoms with Crippen molar-refractivity contribution in [2.75, 3.05) is 5.32 Å². The van der Waals surface area contributed by atoms with E-state index in [-0.39, 0.29) is 11.6 Å². The van der Waals surface area contributed by atoms with Gasteiger partial charge in [0.05, 0.1) is 0 Å². The van der Waals surface area contributed by atoms with E-state index in [9.17, 15) is 4.79 Å². The zero-order chi connectivity index (χ0) is 13.7. The van der Waals surface area contributed by atoms with Gasteiger partial charge in [0.1, 0.15) is 16.5 Å². The molecule has 5 heteroatoms. The van der Waals surface area contributed by atoms with E-state index in [1.165, 1.54) is 12.1 Å². The van der Waals surface area contributed by atoms with Gasteiger partial charge in [0.25, 0.3) is 0 Å². The standard InChI is InChI=1S/C13H19ClN2O2/c1-8(2)4-5-9(3)15-12-10(13(17)18)6-7-11(14)16-12/h6-9H,4-5H2,1-3H3,(H,15,16)(H,17,18). The molecule has 0 saturated heterocycles. The monoisotopic (exact) mass is 270 g/mol. The number of anilines is 1. The molecule has 0 saturated carbocycles. The summed E-state index contributed by atoms with van der Waals surface area (Å²) in [6.07, 6.45) is 2.04. The number of nitrogens with zero attached hydrogens (tertiary/aromatic N) is 1. The van der Waals surface area contributed by atoms with Crippen LogP contribution >= 0.6 is 11.6 Å². The van der Waals surface area contributed by atoms with E-state index in [1.807, 2.05) is 6.92 Å². The number of nitrogens with one attached hydrogen (secondary N) is 1. The first-order valence-corrected chi connectivity index (χ1v) is 6.44. The Kier molecular flexibility index (Phi) is 5.41. The number of carboxylic acids is 1. The van der Waals surface area contributed by atoms with E-state index in [1.54, 1.807) is 0 Å². The van der Waals surface area contributed by atoms with Crippen molar-refractivity contribution in [3.8, 4) is 0 Å². The number of aromatic carboxylic acids is 1. The number of carboxylic acid groups (broad SMARTS) is 1. The molecule has 2 N–H and O–H groups in total. The molecule has 1 rings (SSSR count). The van der Waals surface area contributed by atoms with Crippen molar-refractivity contribution in [2.45, 2.75) is 39.7 Å². The smallest absolute Gasteiger partial charge is 0.339 e. The van der Waals surface area contributed by atoms with Gasteiger partial charge in [0.15, 0.2) is 0 Å². The van der Waals surface area contributed by atoms with Crippen molar-refractivity contribution in [1.82, 2.24) is 4.98 Å². The Hall–Kier alpha value is -1.29. The van der Waals surface area contributed by atoms with E-state index in [0.717, 1.165) is 12.8 Å². The molecular weight excluding hydrogens is 252 g/mol. The second kappa shape index (κ2) is 6.59. The zero-order valence-electron chi connectivity index (χ0n) is 10.9. The molecule has 0 radical (unpaired) electrons. The highest BCUT2D eigenvalue weighted by Crippen LogP contribution is 2.19. The summed E-state index contributed by atoms with van der Waals surface area (Å²) in [5, 5.41) is 12.5. The first kappa shape index (κ1) is 14.8. The topological polar surface area (TPSA) is 62.2 Å². The van der Waals surface area contributed by atoms with Gasteiger partial charge in [-0.25, -0.2) is 9.78 Å². The molecular formula is C13H19ClN2O2. The third-order valence-electron chi connectivity index (χ3n) is 2.65. The minimum atomic E-state index is -1.00. The van der Waals surface area contributed by atoms with Crippen LogP contribution < -0.4 is 5.32 Å². The number of halogens is 1. The zero-order valence-corrected chi connectivity index (χ0v) is 11.7. The number of aromatic nitrogens is 1. The fraction of sp³-hybridized carbons (Fsp3) is 0.538. The predicted octanol–water partition coefficient (Wildman–Crippen LogP) is 3.67. The van der Waals surface area contributed by atoms with Gasteiger partial charge in [-0.15, -0.1) is 0 Å². The molecule has 0 aromatic carbocycles. The van der Waals surface area contributed by atoms with Crippen LogP contribution in [0.3, 0.4) is 0 Å². The quantitative estimate of drug-likeness (QED) is 0.774. The van der Waals surface area contributed by atoms with Crippen LogP contribution in [0.2, 0.25) is 5.15 Å². The molecule has 18 heavy (non-hydrogen) atoms. The summed E-state index contributed by atoms with van der Waals surface area (Å²) in [6, 6.07) is 3.11. The molecule has 1 aromatic heterocycles. The Morgan fingerprint density at radius 1 is 1.39 bits per heavy atom. The average molecular weight is 271 g/mol. The molecule has 0 fully saturated rings. The van der Waals surface area contributed by atoms with Gasteiger partial charge in [-0.2, -0.15) is 0 Å². The van der Waals surface area contributed by atoms with E-state index in [2.05, 4.69) is 24.1 Å². The molecule has 1 unspecified atom stereocenters. The van der Waals surface area contributed by atoms with Crippen molar-refractivity contribution in [2.24, 2.45) is 5.92 Å². The number of rotatable bonds is 6. The molecule has 100 valence electrons. The minimum Gasteiger partial charge on any atom is -0.478 e. The number of hydrogen-bond acceptors (Lipinski definition) is 3. The largest absolute Gasteiger partial charge is 0.478 e. The van der Waals surface area contributed by atoms with Gasteiger partial charge in [-0.05, 0) is 37.8 Å². The summed E-state index contributed by atoms with van der Waals surface area (Å²) in [5.74, 6) is -0.0375. The maximum absolute atomic E-state index is 11.1. The Labute approximate surface area is 112 Å². The summed E-state index contributed by atoms with van der Waals surface area (Å²) in [4.78, 5) is 15.1. The summed E-state index contributed by atoms with van der Waals surface area (Å²) in [6.45, 7) is 6.33. The number of hydrogen-bond donors (Lipinski definition) is 2. The van der Waals surface area contributed by atoms with Crippen LogP contribution in [0.15, 0.2) is 12.1 Å². The van der Waals surface area contributed by atoms with Gasteiger partial charge in [0, 0.05) is 6.04 Å². The van der Waals surface area contributed by atoms with E-state index < -0.39 is 5.97 Å². The third-order valence-corrected chi connectivity index (χ3v) is 2.86. The summed E-state index contributed by atoms with van der Waals surface area (Å²) in [5.41, 5.74) is 0.149. The molecule has 0 aliphatic rings. The Morgan fingerprint density at radius 3 is 2.61 bits per heavy atom. The molecule has 1 atom stereocenters. The van der Waals surface area contributed by atoms with Crippen LogP contribution in [0.1, 0.15) is 44.0 Å². The highest BCUT2D eigenvalue weighted by Gasteiger charge is 2.14. The van der Waals surface area contributed by atoms with Crippen LogP contribution in [0.5, 0.6) is 0 Å². The number of pyridine rings is 1. The molecule has 0 amide bonds. The van der Waals surface area contributed by atoms with Crippen molar-refractivity contribution in [3.05, 3.63) is 22.8 Å². The highest BCUT2D eigenvalue weighted by molar-refractivity contribution is 6.29. The highest BCUT2D eigenvalue weighted by atomic mass is 35.5. The van der Waals surface area contributed by atoms with E-state index in [4.69, 9.17) is 16.7 Å². The third kappa shape index (κ3) is 4.53. The molecule has 4 nitrogen and oxygen atoms in total. The summed E-state index contributed by atoms with van der Waals surface area (Å²) >= 11 is 5.79. The predicted molar refractivity (Wildman–Crippen MR) is 73.4 cm³/mol. The fourth-order valence-corrected chi connectivity index (χ4v) is 1.75. The molecule has 0 aliphatic heterocycles. The van der Waals surface area contributed by atoms with Crippen LogP contribution in [0.4, 0.5) is 5.82 Å². The minimum absolute atomic E-state index is 0.149. The lowest BCUT2D eigenvalue weighted by molar-refractivity contribution is 0.0697. The summed E-state index contributed by atoms with van der Waals surface area (Å²) < 4.78 is 0. The lowest BCUT2D eigenvalue weighted by Crippen LogP contribution is -2.19. The van der Waals surface area contributed by atoms with Crippen LogP contribution in [-0.2, 0) is 0 Å². The molecule has 0 aliphatic carbocycles. The van der Waals surface area contributed by atoms with Crippen molar-refractivity contribution < 1.29 is 9.90 Å². The van der Waals surface area contributed by atoms with E-state index >= 15 is 0 Å². The SMILES string of the molecule is CC(C)CCC(C)Nc1nc(Cl)ccc1C(=O)O. The Bertz CT molecular complexity index is 421.